The van der Waals surface area contributed by atoms with Gasteiger partial charge in [-0.05, 0) is 45.1 Å². The Bertz CT molecular complexity index is 595. The summed E-state index contributed by atoms with van der Waals surface area (Å²) in [6, 6.07) is 2.97. The summed E-state index contributed by atoms with van der Waals surface area (Å²) >= 11 is 4.85. The van der Waals surface area contributed by atoms with E-state index in [0.29, 0.717) is 0 Å². The fraction of sp³-hybridized carbons (Fsp3) is 0.500. The van der Waals surface area contributed by atoms with Crippen LogP contribution in [-0.2, 0) is 10.0 Å². The molecule has 0 spiro atoms. The number of aromatic nitrogens is 1. The summed E-state index contributed by atoms with van der Waals surface area (Å²) in [5.41, 5.74) is 5.67. The molecule has 3 N–H and O–H groups in total. The number of nitrogens with two attached hydrogens (primary N) is 1. The van der Waals surface area contributed by atoms with E-state index in [4.69, 9.17) is 18.0 Å². The summed E-state index contributed by atoms with van der Waals surface area (Å²) in [6.45, 7) is 1.75. The second-order valence-corrected chi connectivity index (χ2v) is 7.04. The number of hydrogen-bond donors (Lipinski definition) is 2. The molecule has 0 amide bonds. The van der Waals surface area contributed by atoms with Gasteiger partial charge < -0.3 is 10.6 Å². The minimum Gasteiger partial charge on any atom is -0.388 e. The molecular weight excluding hydrogens is 296 g/mol. The van der Waals surface area contributed by atoms with Crippen molar-refractivity contribution in [3.63, 3.8) is 0 Å². The highest BCUT2D eigenvalue weighted by atomic mass is 32.2. The maximum Gasteiger partial charge on any atom is 0.243 e. The Balaban J connectivity index is 2.21. The first-order valence-electron chi connectivity index (χ1n) is 6.36. The Morgan fingerprint density at radius 1 is 1.50 bits per heavy atom. The van der Waals surface area contributed by atoms with Crippen molar-refractivity contribution in [3.8, 4) is 0 Å². The third kappa shape index (κ3) is 3.51. The fourth-order valence-corrected chi connectivity index (χ4v) is 3.91. The van der Waals surface area contributed by atoms with Crippen molar-refractivity contribution in [3.05, 3.63) is 24.0 Å². The number of pyridine rings is 1. The molecule has 1 aromatic rings. The van der Waals surface area contributed by atoms with E-state index in [1.807, 2.05) is 7.05 Å². The molecule has 0 atom stereocenters. The molecule has 0 aromatic carbocycles. The summed E-state index contributed by atoms with van der Waals surface area (Å²) in [5.74, 6) is 0. The molecule has 2 rings (SSSR count). The number of thiocarbonyl (C=S) groups is 1. The standard InChI is InChI=1S/C12H18N4O2S2/c1-16-7-4-9(5-8-16)15-20(17,18)10-3-2-6-14-11(10)12(13)19/h2-3,6,9,15H,4-5,7-8H2,1H3,(H2,13,19). The predicted octanol–water partition coefficient (Wildman–Crippen LogP) is 0.0883. The number of nitrogens with one attached hydrogen (secondary N) is 1. The van der Waals surface area contributed by atoms with Gasteiger partial charge in [-0.1, -0.05) is 12.2 Å². The van der Waals surface area contributed by atoms with Gasteiger partial charge in [0.15, 0.2) is 0 Å². The first-order valence-corrected chi connectivity index (χ1v) is 8.25. The van der Waals surface area contributed by atoms with Crippen LogP contribution >= 0.6 is 12.2 Å². The SMILES string of the molecule is CN1CCC(NS(=O)(=O)c2cccnc2C(N)=S)CC1. The Hall–Kier alpha value is -1.09. The summed E-state index contributed by atoms with van der Waals surface area (Å²) in [7, 11) is -1.63. The largest absolute Gasteiger partial charge is 0.388 e. The van der Waals surface area contributed by atoms with Crippen LogP contribution in [0.4, 0.5) is 0 Å². The lowest BCUT2D eigenvalue weighted by atomic mass is 10.1. The number of rotatable bonds is 4. The molecule has 1 aliphatic heterocycles. The van der Waals surface area contributed by atoms with Crippen LogP contribution in [0.3, 0.4) is 0 Å². The van der Waals surface area contributed by atoms with Crippen LogP contribution in [0.15, 0.2) is 23.2 Å². The van der Waals surface area contributed by atoms with E-state index in [0.717, 1.165) is 25.9 Å². The van der Waals surface area contributed by atoms with Crippen LogP contribution < -0.4 is 10.5 Å². The monoisotopic (exact) mass is 314 g/mol. The molecule has 110 valence electrons. The van der Waals surface area contributed by atoms with Gasteiger partial charge in [0.1, 0.15) is 15.6 Å². The first kappa shape index (κ1) is 15.3. The van der Waals surface area contributed by atoms with Gasteiger partial charge in [-0.25, -0.2) is 13.1 Å². The van der Waals surface area contributed by atoms with Gasteiger partial charge in [0, 0.05) is 12.2 Å². The lowest BCUT2D eigenvalue weighted by Gasteiger charge is -2.29. The first-order chi connectivity index (χ1) is 9.40. The second-order valence-electron chi connectivity index (χ2n) is 4.91. The Labute approximate surface area is 124 Å². The molecule has 20 heavy (non-hydrogen) atoms. The third-order valence-electron chi connectivity index (χ3n) is 3.33. The second kappa shape index (κ2) is 6.13. The number of sulfonamides is 1. The summed E-state index contributed by atoms with van der Waals surface area (Å²) in [4.78, 5) is 6.16. The quantitative estimate of drug-likeness (QED) is 0.766. The van der Waals surface area contributed by atoms with Gasteiger partial charge in [0.05, 0.1) is 0 Å². The smallest absolute Gasteiger partial charge is 0.243 e. The molecule has 1 fully saturated rings. The molecule has 0 saturated carbocycles. The zero-order valence-electron chi connectivity index (χ0n) is 11.2. The van der Waals surface area contributed by atoms with E-state index >= 15 is 0 Å². The zero-order valence-corrected chi connectivity index (χ0v) is 12.9. The lowest BCUT2D eigenvalue weighted by molar-refractivity contribution is 0.248. The van der Waals surface area contributed by atoms with Crippen LogP contribution in [0, 0.1) is 0 Å². The molecule has 0 unspecified atom stereocenters. The van der Waals surface area contributed by atoms with E-state index in [1.54, 1.807) is 6.07 Å². The Morgan fingerprint density at radius 3 is 2.75 bits per heavy atom. The molecule has 0 aliphatic carbocycles. The molecule has 2 heterocycles. The topological polar surface area (TPSA) is 88.3 Å². The molecule has 0 bridgehead atoms. The van der Waals surface area contributed by atoms with Crippen LogP contribution in [0.25, 0.3) is 0 Å². The lowest BCUT2D eigenvalue weighted by Crippen LogP contribution is -2.43. The minimum atomic E-state index is -3.65. The van der Waals surface area contributed by atoms with E-state index in [-0.39, 0.29) is 21.6 Å². The van der Waals surface area contributed by atoms with E-state index in [9.17, 15) is 8.42 Å². The van der Waals surface area contributed by atoms with E-state index in [1.165, 1.54) is 12.3 Å². The summed E-state index contributed by atoms with van der Waals surface area (Å²) in [5, 5.41) is 0. The molecule has 1 aromatic heterocycles. The van der Waals surface area contributed by atoms with Gasteiger partial charge in [-0.2, -0.15) is 0 Å². The Kier molecular flexibility index (Phi) is 4.69. The summed E-state index contributed by atoms with van der Waals surface area (Å²) in [6.07, 6.45) is 3.06. The maximum atomic E-state index is 12.4. The van der Waals surface area contributed by atoms with Crippen molar-refractivity contribution in [1.29, 1.82) is 0 Å². The van der Waals surface area contributed by atoms with Crippen LogP contribution in [0.5, 0.6) is 0 Å². The molecule has 1 saturated heterocycles. The van der Waals surface area contributed by atoms with E-state index in [2.05, 4.69) is 14.6 Å². The summed E-state index contributed by atoms with van der Waals surface area (Å²) < 4.78 is 27.6. The van der Waals surface area contributed by atoms with Gasteiger partial charge in [-0.3, -0.25) is 4.98 Å². The molecule has 0 radical (unpaired) electrons. The average Bonchev–Trinajstić information content (AvgIpc) is 2.41. The maximum absolute atomic E-state index is 12.4. The van der Waals surface area contributed by atoms with Crippen LogP contribution in [-0.4, -0.2) is 49.5 Å². The van der Waals surface area contributed by atoms with Crippen molar-refractivity contribution < 1.29 is 8.42 Å². The highest BCUT2D eigenvalue weighted by molar-refractivity contribution is 7.89. The normalized spacial score (nSPS) is 18.1. The number of likely N-dealkylation sites (tertiary alicyclic amines) is 1. The number of hydrogen-bond acceptors (Lipinski definition) is 5. The predicted molar refractivity (Wildman–Crippen MR) is 81.0 cm³/mol. The average molecular weight is 314 g/mol. The highest BCUT2D eigenvalue weighted by Gasteiger charge is 2.26. The molecule has 8 heteroatoms. The number of nitrogens with zero attached hydrogens (tertiary/aromatic N) is 2. The highest BCUT2D eigenvalue weighted by Crippen LogP contribution is 2.16. The van der Waals surface area contributed by atoms with Gasteiger partial charge in [0.25, 0.3) is 0 Å². The van der Waals surface area contributed by atoms with Gasteiger partial charge in [-0.15, -0.1) is 0 Å². The van der Waals surface area contributed by atoms with Crippen molar-refractivity contribution in [2.75, 3.05) is 20.1 Å². The molecule has 1 aliphatic rings. The van der Waals surface area contributed by atoms with Crippen molar-refractivity contribution >= 4 is 27.2 Å². The van der Waals surface area contributed by atoms with Gasteiger partial charge in [0.2, 0.25) is 10.0 Å². The van der Waals surface area contributed by atoms with Crippen molar-refractivity contribution in [2.24, 2.45) is 5.73 Å². The van der Waals surface area contributed by atoms with Crippen LogP contribution in [0.1, 0.15) is 18.5 Å². The van der Waals surface area contributed by atoms with Crippen molar-refractivity contribution in [2.45, 2.75) is 23.8 Å². The molecule has 6 nitrogen and oxygen atoms in total. The zero-order chi connectivity index (χ0) is 14.8. The Morgan fingerprint density at radius 2 is 2.15 bits per heavy atom. The minimum absolute atomic E-state index is 0.0191. The van der Waals surface area contributed by atoms with Crippen molar-refractivity contribution in [1.82, 2.24) is 14.6 Å². The number of piperidine rings is 1. The van der Waals surface area contributed by atoms with E-state index < -0.39 is 10.0 Å². The fourth-order valence-electron chi connectivity index (χ4n) is 2.20. The van der Waals surface area contributed by atoms with Gasteiger partial charge >= 0.3 is 0 Å². The third-order valence-corrected chi connectivity index (χ3v) is 5.08. The molecular formula is C12H18N4O2S2. The van der Waals surface area contributed by atoms with Crippen LogP contribution in [0.2, 0.25) is 0 Å².